The molecule has 0 spiro atoms. The number of hydrogen-bond donors (Lipinski definition) is 0. The Hall–Kier alpha value is -3.44. The summed E-state index contributed by atoms with van der Waals surface area (Å²) in [5.74, 6) is -0.269. The number of anilines is 1. The highest BCUT2D eigenvalue weighted by molar-refractivity contribution is 6.30. The van der Waals surface area contributed by atoms with E-state index in [0.29, 0.717) is 23.7 Å². The molecule has 0 bridgehead atoms. The van der Waals surface area contributed by atoms with Crippen LogP contribution in [0.5, 0.6) is 0 Å². The second-order valence-electron chi connectivity index (χ2n) is 8.28. The summed E-state index contributed by atoms with van der Waals surface area (Å²) in [7, 11) is 0. The van der Waals surface area contributed by atoms with Gasteiger partial charge in [-0.2, -0.15) is 0 Å². The lowest BCUT2D eigenvalue weighted by Crippen LogP contribution is -2.48. The van der Waals surface area contributed by atoms with E-state index in [0.717, 1.165) is 46.5 Å². The maximum atomic E-state index is 13.6. The molecule has 1 aromatic heterocycles. The van der Waals surface area contributed by atoms with E-state index >= 15 is 0 Å². The van der Waals surface area contributed by atoms with Gasteiger partial charge in [0.1, 0.15) is 5.82 Å². The molecule has 1 aliphatic rings. The molecule has 4 nitrogen and oxygen atoms in total. The SMILES string of the molecule is Cc1cc(C(=O)N2CCN(c3ccc(Cl)cc3)CC2)c2cccc(-c3ccc(F)cc3)c2n1. The molecule has 0 atom stereocenters. The normalized spacial score (nSPS) is 14.0. The van der Waals surface area contributed by atoms with Gasteiger partial charge in [-0.05, 0) is 55.0 Å². The van der Waals surface area contributed by atoms with Crippen LogP contribution in [0.2, 0.25) is 5.02 Å². The van der Waals surface area contributed by atoms with Crippen LogP contribution in [0, 0.1) is 12.7 Å². The van der Waals surface area contributed by atoms with E-state index in [4.69, 9.17) is 16.6 Å². The third-order valence-corrected chi connectivity index (χ3v) is 6.36. The number of hydrogen-bond acceptors (Lipinski definition) is 3. The predicted molar refractivity (Wildman–Crippen MR) is 131 cm³/mol. The Morgan fingerprint density at radius 2 is 1.64 bits per heavy atom. The Morgan fingerprint density at radius 3 is 2.33 bits per heavy atom. The summed E-state index contributed by atoms with van der Waals surface area (Å²) in [5.41, 5.74) is 5.06. The molecule has 3 aromatic carbocycles. The molecule has 0 unspecified atom stereocenters. The number of benzene rings is 3. The van der Waals surface area contributed by atoms with E-state index in [1.807, 2.05) is 60.4 Å². The molecule has 1 aliphatic heterocycles. The van der Waals surface area contributed by atoms with E-state index in [-0.39, 0.29) is 11.7 Å². The summed E-state index contributed by atoms with van der Waals surface area (Å²) in [6.07, 6.45) is 0. The first-order valence-corrected chi connectivity index (χ1v) is 11.3. The number of rotatable bonds is 3. The molecule has 6 heteroatoms. The van der Waals surface area contributed by atoms with Crippen LogP contribution in [0.1, 0.15) is 16.1 Å². The summed E-state index contributed by atoms with van der Waals surface area (Å²) in [6, 6.07) is 21.8. The van der Waals surface area contributed by atoms with Crippen LogP contribution in [-0.4, -0.2) is 42.0 Å². The Labute approximate surface area is 197 Å². The smallest absolute Gasteiger partial charge is 0.254 e. The van der Waals surface area contributed by atoms with Crippen molar-refractivity contribution in [2.24, 2.45) is 0 Å². The van der Waals surface area contributed by atoms with Gasteiger partial charge >= 0.3 is 0 Å². The van der Waals surface area contributed by atoms with Gasteiger partial charge in [-0.1, -0.05) is 41.9 Å². The maximum Gasteiger partial charge on any atom is 0.254 e. The minimum absolute atomic E-state index is 0.0116. The summed E-state index contributed by atoms with van der Waals surface area (Å²) in [6.45, 7) is 4.70. The third-order valence-electron chi connectivity index (χ3n) is 6.11. The number of carbonyl (C=O) groups excluding carboxylic acids is 1. The largest absolute Gasteiger partial charge is 0.368 e. The maximum absolute atomic E-state index is 13.6. The van der Waals surface area contributed by atoms with Crippen molar-refractivity contribution in [2.75, 3.05) is 31.1 Å². The monoisotopic (exact) mass is 459 g/mol. The number of amides is 1. The van der Waals surface area contributed by atoms with Gasteiger partial charge in [0.05, 0.1) is 11.1 Å². The van der Waals surface area contributed by atoms with Crippen molar-refractivity contribution in [1.82, 2.24) is 9.88 Å². The molecule has 2 heterocycles. The number of nitrogens with zero attached hydrogens (tertiary/aromatic N) is 3. The molecule has 0 aliphatic carbocycles. The van der Waals surface area contributed by atoms with Crippen molar-refractivity contribution >= 4 is 34.1 Å². The van der Waals surface area contributed by atoms with Crippen LogP contribution in [0.15, 0.2) is 72.8 Å². The molecule has 166 valence electrons. The molecule has 0 N–H and O–H groups in total. The lowest BCUT2D eigenvalue weighted by atomic mass is 9.98. The van der Waals surface area contributed by atoms with E-state index in [9.17, 15) is 9.18 Å². The molecule has 33 heavy (non-hydrogen) atoms. The van der Waals surface area contributed by atoms with Crippen LogP contribution < -0.4 is 4.90 Å². The Balaban J connectivity index is 1.44. The first-order valence-electron chi connectivity index (χ1n) is 11.0. The topological polar surface area (TPSA) is 36.4 Å². The quantitative estimate of drug-likeness (QED) is 0.379. The molecule has 1 amide bonds. The van der Waals surface area contributed by atoms with Crippen molar-refractivity contribution in [2.45, 2.75) is 6.92 Å². The van der Waals surface area contributed by atoms with Gasteiger partial charge in [0, 0.05) is 53.5 Å². The van der Waals surface area contributed by atoms with E-state index < -0.39 is 0 Å². The van der Waals surface area contributed by atoms with Crippen LogP contribution in [-0.2, 0) is 0 Å². The molecular formula is C27H23ClFN3O. The zero-order valence-corrected chi connectivity index (χ0v) is 19.0. The summed E-state index contributed by atoms with van der Waals surface area (Å²) < 4.78 is 13.4. The van der Waals surface area contributed by atoms with E-state index in [1.165, 1.54) is 12.1 Å². The van der Waals surface area contributed by atoms with Crippen LogP contribution in [0.25, 0.3) is 22.0 Å². The average Bonchev–Trinajstić information content (AvgIpc) is 2.84. The second-order valence-corrected chi connectivity index (χ2v) is 8.71. The highest BCUT2D eigenvalue weighted by Gasteiger charge is 2.24. The molecule has 0 radical (unpaired) electrons. The number of pyridine rings is 1. The molecule has 4 aromatic rings. The number of piperazine rings is 1. The number of aromatic nitrogens is 1. The first-order chi connectivity index (χ1) is 16.0. The molecule has 1 saturated heterocycles. The zero-order chi connectivity index (χ0) is 22.9. The second kappa shape index (κ2) is 8.83. The first kappa shape index (κ1) is 21.4. The van der Waals surface area contributed by atoms with Gasteiger partial charge in [0.2, 0.25) is 0 Å². The zero-order valence-electron chi connectivity index (χ0n) is 18.3. The fourth-order valence-corrected chi connectivity index (χ4v) is 4.53. The lowest BCUT2D eigenvalue weighted by molar-refractivity contribution is 0.0748. The van der Waals surface area contributed by atoms with Crippen LogP contribution in [0.4, 0.5) is 10.1 Å². The fourth-order valence-electron chi connectivity index (χ4n) is 4.41. The molecule has 0 saturated carbocycles. The van der Waals surface area contributed by atoms with Gasteiger partial charge < -0.3 is 9.80 Å². The number of aryl methyl sites for hydroxylation is 1. The summed E-state index contributed by atoms with van der Waals surface area (Å²) >= 11 is 6.01. The molecule has 1 fully saturated rings. The fraction of sp³-hybridized carbons (Fsp3) is 0.185. The summed E-state index contributed by atoms with van der Waals surface area (Å²) in [5, 5.41) is 1.53. The van der Waals surface area contributed by atoms with Crippen LogP contribution in [0.3, 0.4) is 0 Å². The number of carbonyl (C=O) groups is 1. The van der Waals surface area contributed by atoms with Crippen molar-refractivity contribution < 1.29 is 9.18 Å². The minimum Gasteiger partial charge on any atom is -0.368 e. The Bertz CT molecular complexity index is 1310. The highest BCUT2D eigenvalue weighted by atomic mass is 35.5. The van der Waals surface area contributed by atoms with Gasteiger partial charge in [-0.25, -0.2) is 4.39 Å². The molecular weight excluding hydrogens is 437 g/mol. The van der Waals surface area contributed by atoms with Gasteiger partial charge in [-0.3, -0.25) is 9.78 Å². The number of para-hydroxylation sites is 1. The number of fused-ring (bicyclic) bond motifs is 1. The van der Waals surface area contributed by atoms with Crippen LogP contribution >= 0.6 is 11.6 Å². The van der Waals surface area contributed by atoms with E-state index in [1.54, 1.807) is 12.1 Å². The third kappa shape index (κ3) is 4.29. The minimum atomic E-state index is -0.281. The Kier molecular flexibility index (Phi) is 5.73. The van der Waals surface area contributed by atoms with E-state index in [2.05, 4.69) is 4.90 Å². The van der Waals surface area contributed by atoms with Crippen molar-refractivity contribution in [3.63, 3.8) is 0 Å². The van der Waals surface area contributed by atoms with Crippen molar-refractivity contribution in [3.8, 4) is 11.1 Å². The number of halogens is 2. The van der Waals surface area contributed by atoms with Crippen molar-refractivity contribution in [1.29, 1.82) is 0 Å². The predicted octanol–water partition coefficient (Wildman–Crippen LogP) is 5.97. The Morgan fingerprint density at radius 1 is 0.939 bits per heavy atom. The average molecular weight is 460 g/mol. The van der Waals surface area contributed by atoms with Gasteiger partial charge in [-0.15, -0.1) is 0 Å². The lowest BCUT2D eigenvalue weighted by Gasteiger charge is -2.36. The molecule has 5 rings (SSSR count). The van der Waals surface area contributed by atoms with Crippen molar-refractivity contribution in [3.05, 3.63) is 94.9 Å². The summed E-state index contributed by atoms with van der Waals surface area (Å²) in [4.78, 5) is 22.5. The highest BCUT2D eigenvalue weighted by Crippen LogP contribution is 2.31. The standard InChI is InChI=1S/C27H23ClFN3O/c1-18-17-25(24-4-2-3-23(26(24)30-18)19-5-9-21(29)10-6-19)27(33)32-15-13-31(14-16-32)22-11-7-20(28)8-12-22/h2-12,17H,13-16H2,1H3. The van der Waals surface area contributed by atoms with Gasteiger partial charge in [0.25, 0.3) is 5.91 Å². The van der Waals surface area contributed by atoms with Gasteiger partial charge in [0.15, 0.2) is 0 Å².